The molecular weight excluding hydrogens is 276 g/mol. The highest BCUT2D eigenvalue weighted by Crippen LogP contribution is 2.64. The van der Waals surface area contributed by atoms with E-state index in [-0.39, 0.29) is 28.6 Å². The lowest BCUT2D eigenvalue weighted by atomic mass is 9.47. The maximum Gasteiger partial charge on any atom is 0.155 e. The number of hydrogen-bond acceptors (Lipinski definition) is 3. The lowest BCUT2D eigenvalue weighted by molar-refractivity contribution is -0.148. The van der Waals surface area contributed by atoms with E-state index in [0.717, 1.165) is 32.1 Å². The number of allylic oxidation sites excluding steroid dienone is 1. The van der Waals surface area contributed by atoms with E-state index in [4.69, 9.17) is 0 Å². The predicted octanol–water partition coefficient (Wildman–Crippen LogP) is 3.06. The summed E-state index contributed by atoms with van der Waals surface area (Å²) < 4.78 is 0. The summed E-state index contributed by atoms with van der Waals surface area (Å²) in [6, 6.07) is 0. The van der Waals surface area contributed by atoms with Gasteiger partial charge in [0.1, 0.15) is 5.78 Å². The average Bonchev–Trinajstić information content (AvgIpc) is 2.75. The molecule has 0 amide bonds. The second-order valence-corrected chi connectivity index (χ2v) is 8.58. The molecule has 0 aromatic carbocycles. The molecule has 3 fully saturated rings. The van der Waals surface area contributed by atoms with E-state index in [1.807, 2.05) is 6.08 Å². The fourth-order valence-electron chi connectivity index (χ4n) is 6.36. The van der Waals surface area contributed by atoms with Crippen LogP contribution in [0.3, 0.4) is 0 Å². The van der Waals surface area contributed by atoms with Crippen molar-refractivity contribution in [3.8, 4) is 0 Å². The predicted molar refractivity (Wildman–Crippen MR) is 83.1 cm³/mol. The Hall–Kier alpha value is -0.960. The van der Waals surface area contributed by atoms with E-state index in [1.54, 1.807) is 0 Å². The molecule has 0 aromatic heterocycles. The maximum absolute atomic E-state index is 13.0. The Labute approximate surface area is 132 Å². The minimum Gasteiger partial charge on any atom is -0.393 e. The average molecular weight is 302 g/mol. The van der Waals surface area contributed by atoms with E-state index < -0.39 is 0 Å². The largest absolute Gasteiger partial charge is 0.393 e. The van der Waals surface area contributed by atoms with Gasteiger partial charge in [-0.05, 0) is 55.4 Å². The standard InChI is InChI=1S/C19H26O3/c1-18-8-7-12(20)9-11(18)3-4-13-14-5-6-16(22)19(14,2)10-15(21)17(13)18/h9,13-14,16-17,22H,3-8,10H2,1-2H3/t13-,14-,16?,17-,18-,19-/m0/s1. The third-order valence-corrected chi connectivity index (χ3v) is 7.60. The molecule has 0 bridgehead atoms. The summed E-state index contributed by atoms with van der Waals surface area (Å²) in [5.41, 5.74) is 0.906. The van der Waals surface area contributed by atoms with Crippen LogP contribution in [-0.2, 0) is 9.59 Å². The molecule has 4 rings (SSSR count). The van der Waals surface area contributed by atoms with Crippen molar-refractivity contribution in [3.63, 3.8) is 0 Å². The normalized spacial score (nSPS) is 51.0. The molecule has 0 aliphatic heterocycles. The second kappa shape index (κ2) is 4.53. The Kier molecular flexibility index (Phi) is 3.01. The molecule has 4 aliphatic carbocycles. The van der Waals surface area contributed by atoms with Gasteiger partial charge in [-0.2, -0.15) is 0 Å². The molecule has 1 unspecified atom stereocenters. The van der Waals surface area contributed by atoms with Crippen LogP contribution in [0, 0.1) is 28.6 Å². The van der Waals surface area contributed by atoms with E-state index in [2.05, 4.69) is 13.8 Å². The van der Waals surface area contributed by atoms with Crippen LogP contribution in [0.15, 0.2) is 11.6 Å². The molecular formula is C19H26O3. The summed E-state index contributed by atoms with van der Waals surface area (Å²) in [6.45, 7) is 4.34. The van der Waals surface area contributed by atoms with Gasteiger partial charge in [0.2, 0.25) is 0 Å². The van der Waals surface area contributed by atoms with Crippen molar-refractivity contribution in [2.45, 2.75) is 64.9 Å². The first-order chi connectivity index (χ1) is 10.4. The van der Waals surface area contributed by atoms with Gasteiger partial charge >= 0.3 is 0 Å². The van der Waals surface area contributed by atoms with Gasteiger partial charge < -0.3 is 5.11 Å². The topological polar surface area (TPSA) is 54.4 Å². The number of rotatable bonds is 0. The van der Waals surface area contributed by atoms with Gasteiger partial charge in [0.05, 0.1) is 6.10 Å². The van der Waals surface area contributed by atoms with Crippen molar-refractivity contribution in [1.82, 2.24) is 0 Å². The molecule has 3 nitrogen and oxygen atoms in total. The van der Waals surface area contributed by atoms with Gasteiger partial charge in [0.15, 0.2) is 5.78 Å². The zero-order valence-corrected chi connectivity index (χ0v) is 13.6. The highest BCUT2D eigenvalue weighted by atomic mass is 16.3. The first-order valence-corrected chi connectivity index (χ1v) is 8.81. The SMILES string of the molecule is C[C@]12CCC(=O)C=C1CC[C@@H]1[C@H]2C(=O)C[C@]2(C)C(O)CC[C@@H]12. The van der Waals surface area contributed by atoms with Crippen LogP contribution < -0.4 is 0 Å². The van der Waals surface area contributed by atoms with Crippen LogP contribution in [-0.4, -0.2) is 22.8 Å². The monoisotopic (exact) mass is 302 g/mol. The van der Waals surface area contributed by atoms with Crippen molar-refractivity contribution in [2.75, 3.05) is 0 Å². The fourth-order valence-corrected chi connectivity index (χ4v) is 6.36. The third kappa shape index (κ3) is 1.72. The lowest BCUT2D eigenvalue weighted by Gasteiger charge is -2.56. The Balaban J connectivity index is 1.76. The van der Waals surface area contributed by atoms with E-state index in [0.29, 0.717) is 30.5 Å². The highest BCUT2D eigenvalue weighted by Gasteiger charge is 2.61. The van der Waals surface area contributed by atoms with E-state index in [9.17, 15) is 14.7 Å². The van der Waals surface area contributed by atoms with Crippen LogP contribution in [0.1, 0.15) is 58.8 Å². The molecule has 120 valence electrons. The van der Waals surface area contributed by atoms with Crippen LogP contribution in [0.25, 0.3) is 0 Å². The molecule has 4 aliphatic rings. The molecule has 1 N–H and O–H groups in total. The zero-order valence-electron chi connectivity index (χ0n) is 13.6. The molecule has 0 spiro atoms. The summed E-state index contributed by atoms with van der Waals surface area (Å²) in [5.74, 6) is 1.52. The summed E-state index contributed by atoms with van der Waals surface area (Å²) in [7, 11) is 0. The first-order valence-electron chi connectivity index (χ1n) is 8.81. The Morgan fingerprint density at radius 1 is 1.14 bits per heavy atom. The Bertz CT molecular complexity index is 577. The lowest BCUT2D eigenvalue weighted by Crippen LogP contribution is -2.55. The molecule has 22 heavy (non-hydrogen) atoms. The quantitative estimate of drug-likeness (QED) is 0.748. The molecule has 0 aromatic rings. The molecule has 6 atom stereocenters. The fraction of sp³-hybridized carbons (Fsp3) is 0.789. The second-order valence-electron chi connectivity index (χ2n) is 8.58. The molecule has 0 saturated heterocycles. The van der Waals surface area contributed by atoms with Gasteiger partial charge in [-0.3, -0.25) is 9.59 Å². The summed E-state index contributed by atoms with van der Waals surface area (Å²) in [4.78, 5) is 24.8. The number of aliphatic hydroxyl groups excluding tert-OH is 1. The van der Waals surface area contributed by atoms with E-state index in [1.165, 1.54) is 5.57 Å². The molecule has 3 heteroatoms. The minimum atomic E-state index is -0.319. The molecule has 3 saturated carbocycles. The smallest absolute Gasteiger partial charge is 0.155 e. The minimum absolute atomic E-state index is 0.0731. The van der Waals surface area contributed by atoms with Gasteiger partial charge in [-0.25, -0.2) is 0 Å². The number of Topliss-reactive ketones (excluding diaryl/α,β-unsaturated/α-hetero) is 1. The molecule has 0 heterocycles. The van der Waals surface area contributed by atoms with Crippen LogP contribution in [0.4, 0.5) is 0 Å². The van der Waals surface area contributed by atoms with Crippen LogP contribution in [0.2, 0.25) is 0 Å². The van der Waals surface area contributed by atoms with Crippen molar-refractivity contribution in [2.24, 2.45) is 28.6 Å². The zero-order chi connectivity index (χ0) is 15.7. The van der Waals surface area contributed by atoms with Crippen LogP contribution >= 0.6 is 0 Å². The van der Waals surface area contributed by atoms with E-state index >= 15 is 0 Å². The van der Waals surface area contributed by atoms with Crippen LogP contribution in [0.5, 0.6) is 0 Å². The van der Waals surface area contributed by atoms with Crippen molar-refractivity contribution >= 4 is 11.6 Å². The summed E-state index contributed by atoms with van der Waals surface area (Å²) in [5, 5.41) is 10.4. The van der Waals surface area contributed by atoms with Gasteiger partial charge in [0, 0.05) is 24.2 Å². The number of ketones is 2. The maximum atomic E-state index is 13.0. The van der Waals surface area contributed by atoms with Crippen molar-refractivity contribution < 1.29 is 14.7 Å². The summed E-state index contributed by atoms with van der Waals surface area (Å²) in [6.07, 6.45) is 7.33. The van der Waals surface area contributed by atoms with Gasteiger partial charge in [-0.1, -0.05) is 19.4 Å². The Morgan fingerprint density at radius 3 is 2.68 bits per heavy atom. The van der Waals surface area contributed by atoms with Crippen molar-refractivity contribution in [3.05, 3.63) is 11.6 Å². The van der Waals surface area contributed by atoms with Gasteiger partial charge in [0.25, 0.3) is 0 Å². The number of carbonyl (C=O) groups is 2. The highest BCUT2D eigenvalue weighted by molar-refractivity contribution is 5.93. The number of fused-ring (bicyclic) bond motifs is 5. The first kappa shape index (κ1) is 14.6. The van der Waals surface area contributed by atoms with Crippen molar-refractivity contribution in [1.29, 1.82) is 0 Å². The molecule has 0 radical (unpaired) electrons. The number of hydrogen-bond donors (Lipinski definition) is 1. The summed E-state index contributed by atoms with van der Waals surface area (Å²) >= 11 is 0. The number of aliphatic hydroxyl groups is 1. The third-order valence-electron chi connectivity index (χ3n) is 7.60. The Morgan fingerprint density at radius 2 is 1.91 bits per heavy atom. The van der Waals surface area contributed by atoms with Gasteiger partial charge in [-0.15, -0.1) is 0 Å². The number of carbonyl (C=O) groups excluding carboxylic acids is 2.